The fraction of sp³-hybridized carbons (Fsp3) is 0.265. The second-order valence-corrected chi connectivity index (χ2v) is 20.0. The molecule has 0 aliphatic carbocycles. The summed E-state index contributed by atoms with van der Waals surface area (Å²) in [5.41, 5.74) is 5.28. The van der Waals surface area contributed by atoms with E-state index >= 15 is 0 Å². The summed E-state index contributed by atoms with van der Waals surface area (Å²) in [6.07, 6.45) is 0.524. The minimum atomic E-state index is -4.87. The first-order valence-corrected chi connectivity index (χ1v) is 25.0. The third-order valence-electron chi connectivity index (χ3n) is 10.4. The lowest BCUT2D eigenvalue weighted by Crippen LogP contribution is -2.33. The second kappa shape index (κ2) is 23.3. The first-order valence-electron chi connectivity index (χ1n) is 21.2. The van der Waals surface area contributed by atoms with E-state index in [2.05, 4.69) is 4.74 Å². The molecule has 350 valence electrons. The van der Waals surface area contributed by atoms with Crippen LogP contribution in [0.5, 0.6) is 5.75 Å². The first-order chi connectivity index (χ1) is 31.4. The van der Waals surface area contributed by atoms with Crippen LogP contribution < -0.4 is 13.3 Å². The molecule has 0 unspecified atom stereocenters. The molecule has 0 atom stereocenters. The number of aryl methyl sites for hydroxylation is 4. The van der Waals surface area contributed by atoms with E-state index in [1.807, 2.05) is 56.3 Å². The quantitative estimate of drug-likeness (QED) is 0.0716. The number of para-hydroxylation sites is 2. The van der Waals surface area contributed by atoms with Crippen LogP contribution in [0.2, 0.25) is 0 Å². The van der Waals surface area contributed by atoms with Crippen LogP contribution in [0, 0.1) is 0 Å². The Balaban J connectivity index is 0.000000251. The Kier molecular flexibility index (Phi) is 18.0. The van der Waals surface area contributed by atoms with Gasteiger partial charge in [-0.05, 0) is 133 Å². The van der Waals surface area contributed by atoms with Crippen LogP contribution in [0.1, 0.15) is 82.5 Å². The molecule has 0 spiro atoms. The van der Waals surface area contributed by atoms with Crippen LogP contribution in [0.4, 0.5) is 24.5 Å². The van der Waals surface area contributed by atoms with Gasteiger partial charge < -0.3 is 14.9 Å². The number of benzene rings is 5. The molecule has 0 fully saturated rings. The number of aromatic carboxylic acids is 2. The summed E-state index contributed by atoms with van der Waals surface area (Å²) in [6, 6.07) is 35.5. The second-order valence-electron chi connectivity index (χ2n) is 15.1. The molecule has 6 aromatic rings. The number of hydrogen-bond donors (Lipinski definition) is 2. The summed E-state index contributed by atoms with van der Waals surface area (Å²) < 4.78 is 98.2. The molecule has 66 heavy (non-hydrogen) atoms. The molecule has 0 aliphatic heterocycles. The molecular formula is C49H51F3N2O9S3. The highest BCUT2D eigenvalue weighted by molar-refractivity contribution is 7.94. The molecule has 11 nitrogen and oxygen atoms in total. The van der Waals surface area contributed by atoms with Gasteiger partial charge in [-0.15, -0.1) is 24.5 Å². The Morgan fingerprint density at radius 3 is 1.41 bits per heavy atom. The summed E-state index contributed by atoms with van der Waals surface area (Å²) in [7, 11) is -7.69. The Morgan fingerprint density at radius 1 is 0.576 bits per heavy atom. The van der Waals surface area contributed by atoms with Gasteiger partial charge in [-0.3, -0.25) is 8.61 Å². The van der Waals surface area contributed by atoms with E-state index in [1.165, 1.54) is 32.1 Å². The molecule has 1 aromatic heterocycles. The Morgan fingerprint density at radius 2 is 1.02 bits per heavy atom. The van der Waals surface area contributed by atoms with E-state index in [9.17, 15) is 39.6 Å². The van der Waals surface area contributed by atoms with Crippen LogP contribution in [-0.4, -0.2) is 58.4 Å². The van der Waals surface area contributed by atoms with Gasteiger partial charge in [-0.1, -0.05) is 93.4 Å². The number of unbranched alkanes of at least 4 members (excludes halogenated alkanes) is 2. The van der Waals surface area contributed by atoms with Gasteiger partial charge in [0.15, 0.2) is 0 Å². The summed E-state index contributed by atoms with van der Waals surface area (Å²) in [4.78, 5) is 22.0. The average molecular weight is 965 g/mol. The molecule has 0 amide bonds. The fourth-order valence-electron chi connectivity index (χ4n) is 6.92. The third-order valence-corrected chi connectivity index (χ3v) is 15.4. The van der Waals surface area contributed by atoms with Gasteiger partial charge in [0.25, 0.3) is 20.0 Å². The molecule has 2 N–H and O–H groups in total. The van der Waals surface area contributed by atoms with Crippen LogP contribution in [0.15, 0.2) is 148 Å². The molecule has 0 radical (unpaired) electrons. The summed E-state index contributed by atoms with van der Waals surface area (Å²) in [6.45, 7) is 4.61. The maximum Gasteiger partial charge on any atom is 0.573 e. The van der Waals surface area contributed by atoms with Crippen LogP contribution in [0.25, 0.3) is 0 Å². The number of nitrogens with zero attached hydrogens (tertiary/aromatic N) is 2. The van der Waals surface area contributed by atoms with Gasteiger partial charge in [0.2, 0.25) is 0 Å². The van der Waals surface area contributed by atoms with Gasteiger partial charge in [-0.25, -0.2) is 26.4 Å². The Labute approximate surface area is 387 Å². The highest BCUT2D eigenvalue weighted by atomic mass is 32.2. The van der Waals surface area contributed by atoms with E-state index in [-0.39, 0.29) is 22.6 Å². The smallest absolute Gasteiger partial charge is 0.478 e. The maximum atomic E-state index is 13.6. The molecule has 0 saturated heterocycles. The number of rotatable bonds is 21. The number of sulfonamides is 2. The largest absolute Gasteiger partial charge is 0.573 e. The van der Waals surface area contributed by atoms with E-state index in [0.29, 0.717) is 54.2 Å². The van der Waals surface area contributed by atoms with Gasteiger partial charge in [0, 0.05) is 13.1 Å². The molecule has 6 rings (SSSR count). The van der Waals surface area contributed by atoms with Crippen molar-refractivity contribution in [3.63, 3.8) is 0 Å². The van der Waals surface area contributed by atoms with Crippen molar-refractivity contribution in [3.8, 4) is 5.75 Å². The third kappa shape index (κ3) is 13.9. The van der Waals surface area contributed by atoms with Crippen molar-refractivity contribution in [2.75, 3.05) is 21.7 Å². The lowest BCUT2D eigenvalue weighted by molar-refractivity contribution is -0.274. The highest BCUT2D eigenvalue weighted by Gasteiger charge is 2.32. The van der Waals surface area contributed by atoms with Crippen molar-refractivity contribution >= 4 is 54.7 Å². The number of carboxylic acids is 2. The van der Waals surface area contributed by atoms with Crippen LogP contribution >= 0.6 is 11.3 Å². The minimum absolute atomic E-state index is 0.146. The zero-order valence-corrected chi connectivity index (χ0v) is 38.8. The number of carbonyl (C=O) groups is 2. The van der Waals surface area contributed by atoms with E-state index < -0.39 is 44.1 Å². The minimum Gasteiger partial charge on any atom is -0.478 e. The number of alkyl halides is 3. The SMILES string of the molecule is CCCCN(c1ccccc1CCc1ccc(C(=O)O)cc1)S(=O)(=O)c1ccc(OC(F)(F)F)cc1.CCCCN(c1ccccc1CCc1ccc(C(=O)O)cc1)S(=O)(=O)c1cccs1. The highest BCUT2D eigenvalue weighted by Crippen LogP contribution is 2.32. The monoisotopic (exact) mass is 964 g/mol. The van der Waals surface area contributed by atoms with Gasteiger partial charge >= 0.3 is 18.3 Å². The number of carboxylic acid groups (broad SMARTS) is 2. The molecule has 0 aliphatic rings. The van der Waals surface area contributed by atoms with Crippen LogP contribution in [0.3, 0.4) is 0 Å². The number of halogens is 3. The molecular weight excluding hydrogens is 914 g/mol. The molecule has 1 heterocycles. The normalized spacial score (nSPS) is 11.6. The van der Waals surface area contributed by atoms with Crippen molar-refractivity contribution in [2.45, 2.75) is 80.7 Å². The molecule has 0 bridgehead atoms. The predicted molar refractivity (Wildman–Crippen MR) is 251 cm³/mol. The summed E-state index contributed by atoms with van der Waals surface area (Å²) in [5.74, 6) is -2.46. The lowest BCUT2D eigenvalue weighted by Gasteiger charge is -2.27. The number of hydrogen-bond acceptors (Lipinski definition) is 8. The molecule has 5 aromatic carbocycles. The number of ether oxygens (including phenoxy) is 1. The van der Waals surface area contributed by atoms with Crippen molar-refractivity contribution in [1.82, 2.24) is 0 Å². The van der Waals surface area contributed by atoms with Crippen LogP contribution in [-0.2, 0) is 45.7 Å². The topological polar surface area (TPSA) is 159 Å². The Hall–Kier alpha value is -6.17. The van der Waals surface area contributed by atoms with E-state index in [0.717, 1.165) is 65.8 Å². The Bertz CT molecular complexity index is 2730. The zero-order chi connectivity index (χ0) is 47.9. The lowest BCUT2D eigenvalue weighted by atomic mass is 10.0. The van der Waals surface area contributed by atoms with Gasteiger partial charge in [0.05, 0.1) is 27.4 Å². The summed E-state index contributed by atoms with van der Waals surface area (Å²) in [5, 5.41) is 19.9. The standard InChI is InChI=1S/C26H26F3NO5S.C23H25NO4S2/c1-2-3-18-30(36(33,34)23-16-14-22(15-17-23)35-26(27,28)29)24-7-5-4-6-20(24)11-8-19-9-12-21(13-10-19)25(31)32;1-2-3-16-24(30(27,28)22-9-6-17-29-22)21-8-5-4-7-19(21)13-10-18-11-14-20(15-12-18)23(25)26/h4-7,9-10,12-17H,2-3,8,11,18H2,1H3,(H,31,32);4-9,11-12,14-15,17H,2-3,10,13,16H2,1H3,(H,25,26). The van der Waals surface area contributed by atoms with Crippen molar-refractivity contribution in [3.05, 3.63) is 172 Å². The zero-order valence-electron chi connectivity index (χ0n) is 36.4. The van der Waals surface area contributed by atoms with Crippen molar-refractivity contribution < 1.29 is 54.5 Å². The molecule has 17 heteroatoms. The first kappa shape index (κ1) is 50.8. The predicted octanol–water partition coefficient (Wildman–Crippen LogP) is 11.3. The van der Waals surface area contributed by atoms with Gasteiger partial charge in [0.1, 0.15) is 9.96 Å². The number of anilines is 2. The van der Waals surface area contributed by atoms with Crippen molar-refractivity contribution in [1.29, 1.82) is 0 Å². The maximum absolute atomic E-state index is 13.6. The van der Waals surface area contributed by atoms with Crippen molar-refractivity contribution in [2.24, 2.45) is 0 Å². The summed E-state index contributed by atoms with van der Waals surface area (Å²) >= 11 is 1.23. The van der Waals surface area contributed by atoms with E-state index in [1.54, 1.807) is 60.0 Å². The van der Waals surface area contributed by atoms with E-state index in [4.69, 9.17) is 10.2 Å². The molecule has 0 saturated carbocycles. The van der Waals surface area contributed by atoms with Gasteiger partial charge in [-0.2, -0.15) is 0 Å². The fourth-order valence-corrected chi connectivity index (χ4v) is 11.1. The number of thiophene rings is 1. The average Bonchev–Trinajstić information content (AvgIpc) is 3.85.